The highest BCUT2D eigenvalue weighted by atomic mass is 32.1. The van der Waals surface area contributed by atoms with E-state index in [9.17, 15) is 4.79 Å². The average Bonchev–Trinajstić information content (AvgIpc) is 3.29. The van der Waals surface area contributed by atoms with Crippen LogP contribution in [-0.2, 0) is 13.0 Å². The van der Waals surface area contributed by atoms with E-state index in [1.165, 1.54) is 28.8 Å². The van der Waals surface area contributed by atoms with Crippen molar-refractivity contribution < 1.29 is 4.79 Å². The minimum Gasteiger partial charge on any atom is -0.331 e. The van der Waals surface area contributed by atoms with E-state index in [1.807, 2.05) is 11.0 Å². The van der Waals surface area contributed by atoms with Crippen LogP contribution in [0.2, 0.25) is 0 Å². The molecule has 1 aliphatic carbocycles. The van der Waals surface area contributed by atoms with Crippen LogP contribution in [0.5, 0.6) is 0 Å². The van der Waals surface area contributed by atoms with Crippen molar-refractivity contribution in [2.75, 3.05) is 6.54 Å². The number of fused-ring (bicyclic) bond motifs is 1. The summed E-state index contributed by atoms with van der Waals surface area (Å²) in [6.45, 7) is 1.57. The van der Waals surface area contributed by atoms with E-state index in [-0.39, 0.29) is 12.1 Å². The lowest BCUT2D eigenvalue weighted by atomic mass is 10.0. The Bertz CT molecular complexity index is 663. The van der Waals surface area contributed by atoms with Gasteiger partial charge >= 0.3 is 6.03 Å². The molecule has 0 spiro atoms. The maximum atomic E-state index is 12.7. The molecule has 4 rings (SSSR count). The third-order valence-electron chi connectivity index (χ3n) is 4.63. The van der Waals surface area contributed by atoms with Crippen molar-refractivity contribution in [3.05, 3.63) is 57.8 Å². The first-order valence-corrected chi connectivity index (χ1v) is 8.85. The minimum atomic E-state index is 0.0811. The minimum absolute atomic E-state index is 0.0811. The first kappa shape index (κ1) is 13.8. The average molecular weight is 312 g/mol. The predicted molar refractivity (Wildman–Crippen MR) is 88.9 cm³/mol. The van der Waals surface area contributed by atoms with Crippen LogP contribution in [0.3, 0.4) is 0 Å². The summed E-state index contributed by atoms with van der Waals surface area (Å²) in [4.78, 5) is 16.1. The van der Waals surface area contributed by atoms with E-state index in [0.29, 0.717) is 5.92 Å². The molecule has 1 aromatic heterocycles. The normalized spacial score (nSPS) is 18.6. The Morgan fingerprint density at radius 3 is 2.82 bits per heavy atom. The summed E-state index contributed by atoms with van der Waals surface area (Å²) < 4.78 is 0. The molecule has 0 radical (unpaired) electrons. The van der Waals surface area contributed by atoms with Gasteiger partial charge in [0.1, 0.15) is 0 Å². The number of nitrogens with zero attached hydrogens (tertiary/aromatic N) is 1. The number of nitrogens with one attached hydrogen (secondary N) is 1. The lowest BCUT2D eigenvalue weighted by Gasteiger charge is -2.29. The maximum absolute atomic E-state index is 12.7. The van der Waals surface area contributed by atoms with Gasteiger partial charge in [-0.2, -0.15) is 0 Å². The maximum Gasteiger partial charge on any atom is 0.318 e. The number of benzene rings is 1. The van der Waals surface area contributed by atoms with Crippen molar-refractivity contribution in [3.63, 3.8) is 0 Å². The molecule has 2 heterocycles. The van der Waals surface area contributed by atoms with Crippen LogP contribution in [-0.4, -0.2) is 17.5 Å². The number of hydrogen-bond donors (Lipinski definition) is 1. The number of carbonyl (C=O) groups excluding carboxylic acids is 1. The lowest BCUT2D eigenvalue weighted by molar-refractivity contribution is 0.187. The third-order valence-corrected chi connectivity index (χ3v) is 5.65. The van der Waals surface area contributed by atoms with Crippen molar-refractivity contribution in [1.82, 2.24) is 10.2 Å². The highest BCUT2D eigenvalue weighted by Crippen LogP contribution is 2.41. The molecular weight excluding hydrogens is 292 g/mol. The molecule has 1 fully saturated rings. The van der Waals surface area contributed by atoms with Crippen LogP contribution in [0.1, 0.15) is 34.9 Å². The van der Waals surface area contributed by atoms with E-state index in [2.05, 4.69) is 41.0 Å². The smallest absolute Gasteiger partial charge is 0.318 e. The zero-order chi connectivity index (χ0) is 14.9. The van der Waals surface area contributed by atoms with Gasteiger partial charge in [-0.3, -0.25) is 0 Å². The van der Waals surface area contributed by atoms with E-state index in [4.69, 9.17) is 0 Å². The molecule has 22 heavy (non-hydrogen) atoms. The number of carbonyl (C=O) groups is 1. The monoisotopic (exact) mass is 312 g/mol. The van der Waals surface area contributed by atoms with Gasteiger partial charge in [0.15, 0.2) is 0 Å². The van der Waals surface area contributed by atoms with Gasteiger partial charge in [-0.25, -0.2) is 4.79 Å². The molecule has 2 amide bonds. The molecule has 0 bridgehead atoms. The van der Waals surface area contributed by atoms with Gasteiger partial charge in [0.2, 0.25) is 0 Å². The second kappa shape index (κ2) is 5.76. The Hall–Kier alpha value is -1.81. The zero-order valence-corrected chi connectivity index (χ0v) is 13.3. The van der Waals surface area contributed by atoms with Crippen molar-refractivity contribution in [1.29, 1.82) is 0 Å². The number of thiophene rings is 1. The zero-order valence-electron chi connectivity index (χ0n) is 12.5. The Labute approximate surface area is 135 Å². The summed E-state index contributed by atoms with van der Waals surface area (Å²) in [6.07, 6.45) is 3.42. The number of amides is 2. The van der Waals surface area contributed by atoms with E-state index in [0.717, 1.165) is 19.5 Å². The molecule has 1 aliphatic heterocycles. The van der Waals surface area contributed by atoms with Gasteiger partial charge in [0.25, 0.3) is 0 Å². The van der Waals surface area contributed by atoms with Crippen LogP contribution >= 0.6 is 11.3 Å². The molecule has 3 nitrogen and oxygen atoms in total. The summed E-state index contributed by atoms with van der Waals surface area (Å²) in [5, 5.41) is 5.41. The first-order valence-electron chi connectivity index (χ1n) is 7.97. The molecule has 1 saturated carbocycles. The number of urea groups is 1. The summed E-state index contributed by atoms with van der Waals surface area (Å²) in [5.41, 5.74) is 2.54. The van der Waals surface area contributed by atoms with Gasteiger partial charge in [0.05, 0.1) is 6.04 Å². The fraction of sp³-hybridized carbons (Fsp3) is 0.389. The summed E-state index contributed by atoms with van der Waals surface area (Å²) in [5.74, 6) is 0.604. The van der Waals surface area contributed by atoms with Crippen molar-refractivity contribution in [2.24, 2.45) is 5.92 Å². The molecule has 2 aromatic rings. The number of hydrogen-bond acceptors (Lipinski definition) is 2. The standard InChI is InChI=1S/C18H20N2OS/c21-18(20-10-8-16-15(12-20)9-11-22-16)19-17(14-6-7-14)13-4-2-1-3-5-13/h1-5,9,11,14,17H,6-8,10,12H2,(H,19,21)/t17-/m0/s1. The topological polar surface area (TPSA) is 32.3 Å². The van der Waals surface area contributed by atoms with Crippen LogP contribution in [0.25, 0.3) is 0 Å². The SMILES string of the molecule is O=C(N[C@@H](c1ccccc1)C1CC1)N1CCc2sccc2C1. The summed E-state index contributed by atoms with van der Waals surface area (Å²) >= 11 is 1.81. The highest BCUT2D eigenvalue weighted by Gasteiger charge is 2.34. The van der Waals surface area contributed by atoms with Gasteiger partial charge in [-0.1, -0.05) is 30.3 Å². The van der Waals surface area contributed by atoms with Gasteiger partial charge in [-0.05, 0) is 47.8 Å². The predicted octanol–water partition coefficient (Wildman–Crippen LogP) is 3.97. The second-order valence-electron chi connectivity index (χ2n) is 6.22. The van der Waals surface area contributed by atoms with Gasteiger partial charge < -0.3 is 10.2 Å². The number of rotatable bonds is 3. The summed E-state index contributed by atoms with van der Waals surface area (Å²) in [7, 11) is 0. The molecule has 2 aliphatic rings. The van der Waals surface area contributed by atoms with E-state index in [1.54, 1.807) is 11.3 Å². The molecule has 0 unspecified atom stereocenters. The highest BCUT2D eigenvalue weighted by molar-refractivity contribution is 7.10. The molecule has 4 heteroatoms. The van der Waals surface area contributed by atoms with Crippen LogP contribution in [0.15, 0.2) is 41.8 Å². The van der Waals surface area contributed by atoms with Crippen LogP contribution < -0.4 is 5.32 Å². The Morgan fingerprint density at radius 1 is 1.23 bits per heavy atom. The largest absolute Gasteiger partial charge is 0.331 e. The fourth-order valence-electron chi connectivity index (χ4n) is 3.21. The second-order valence-corrected chi connectivity index (χ2v) is 7.22. The Morgan fingerprint density at radius 2 is 2.05 bits per heavy atom. The molecule has 1 aromatic carbocycles. The molecular formula is C18H20N2OS. The summed E-state index contributed by atoms with van der Waals surface area (Å²) in [6, 6.07) is 12.8. The van der Waals surface area contributed by atoms with Crippen LogP contribution in [0.4, 0.5) is 4.79 Å². The molecule has 1 atom stereocenters. The van der Waals surface area contributed by atoms with Crippen molar-refractivity contribution in [3.8, 4) is 0 Å². The molecule has 1 N–H and O–H groups in total. The van der Waals surface area contributed by atoms with Gasteiger partial charge in [-0.15, -0.1) is 11.3 Å². The quantitative estimate of drug-likeness (QED) is 0.914. The van der Waals surface area contributed by atoms with E-state index < -0.39 is 0 Å². The van der Waals surface area contributed by atoms with Crippen molar-refractivity contribution in [2.45, 2.75) is 31.8 Å². The first-order chi connectivity index (χ1) is 10.8. The fourth-order valence-corrected chi connectivity index (χ4v) is 4.10. The molecule has 0 saturated heterocycles. The molecule has 114 valence electrons. The third kappa shape index (κ3) is 2.75. The lowest BCUT2D eigenvalue weighted by Crippen LogP contribution is -2.44. The van der Waals surface area contributed by atoms with Gasteiger partial charge in [0, 0.05) is 18.0 Å². The van der Waals surface area contributed by atoms with E-state index >= 15 is 0 Å². The Balaban J connectivity index is 1.47. The van der Waals surface area contributed by atoms with Crippen molar-refractivity contribution >= 4 is 17.4 Å². The Kier molecular flexibility index (Phi) is 3.62. The van der Waals surface area contributed by atoms with Crippen LogP contribution in [0, 0.1) is 5.92 Å².